The average molecular weight is 421 g/mol. The lowest BCUT2D eigenvalue weighted by Crippen LogP contribution is -2.07. The second kappa shape index (κ2) is 8.00. The Hall–Kier alpha value is -3.64. The average Bonchev–Trinajstić information content (AvgIpc) is 3.32. The molecule has 4 rings (SSSR count). The number of benzene rings is 2. The molecule has 0 unspecified atom stereocenters. The lowest BCUT2D eigenvalue weighted by Gasteiger charge is -2.03. The van der Waals surface area contributed by atoms with Gasteiger partial charge in [0, 0.05) is 34.8 Å². The number of aliphatic imine (C=N–C) groups is 1. The topological polar surface area (TPSA) is 80.9 Å². The highest BCUT2D eigenvalue weighted by Crippen LogP contribution is 2.28. The molecule has 150 valence electrons. The molecular formula is C23H17ClN2O4. The van der Waals surface area contributed by atoms with E-state index < -0.39 is 5.97 Å². The van der Waals surface area contributed by atoms with Gasteiger partial charge < -0.3 is 14.5 Å². The molecule has 2 aromatic carbocycles. The summed E-state index contributed by atoms with van der Waals surface area (Å²) in [7, 11) is 0. The summed E-state index contributed by atoms with van der Waals surface area (Å²) in [6.07, 6.45) is 1.53. The normalized spacial score (nSPS) is 14.6. The van der Waals surface area contributed by atoms with Crippen molar-refractivity contribution in [2.75, 3.05) is 5.32 Å². The number of anilines is 1. The van der Waals surface area contributed by atoms with Gasteiger partial charge in [-0.2, -0.15) is 0 Å². The van der Waals surface area contributed by atoms with E-state index in [1.54, 1.807) is 36.4 Å². The fourth-order valence-corrected chi connectivity index (χ4v) is 3.08. The quantitative estimate of drug-likeness (QED) is 0.464. The molecule has 1 N–H and O–H groups in total. The van der Waals surface area contributed by atoms with Gasteiger partial charge in [0.25, 0.3) is 0 Å². The Balaban J connectivity index is 1.56. The Morgan fingerprint density at radius 2 is 1.80 bits per heavy atom. The molecule has 1 aromatic heterocycles. The van der Waals surface area contributed by atoms with E-state index in [0.29, 0.717) is 27.8 Å². The number of ether oxygens (including phenoxy) is 1. The predicted octanol–water partition coefficient (Wildman–Crippen LogP) is 5.21. The van der Waals surface area contributed by atoms with Crippen molar-refractivity contribution in [3.8, 4) is 11.3 Å². The van der Waals surface area contributed by atoms with Gasteiger partial charge in [-0.05, 0) is 55.0 Å². The minimum Gasteiger partial charge on any atom is -0.457 e. The second-order valence-electron chi connectivity index (χ2n) is 6.76. The summed E-state index contributed by atoms with van der Waals surface area (Å²) in [5, 5.41) is 3.33. The van der Waals surface area contributed by atoms with E-state index in [2.05, 4.69) is 10.3 Å². The molecule has 0 aliphatic carbocycles. The molecular weight excluding hydrogens is 404 g/mol. The Bertz CT molecular complexity index is 1210. The molecule has 30 heavy (non-hydrogen) atoms. The molecule has 2 heterocycles. The number of hydrogen-bond acceptors (Lipinski definition) is 5. The monoisotopic (exact) mass is 420 g/mol. The number of esters is 1. The number of carbonyl (C=O) groups excluding carboxylic acids is 2. The predicted molar refractivity (Wildman–Crippen MR) is 115 cm³/mol. The number of amides is 1. The molecule has 6 nitrogen and oxygen atoms in total. The third-order valence-corrected chi connectivity index (χ3v) is 4.84. The van der Waals surface area contributed by atoms with Crippen LogP contribution < -0.4 is 5.32 Å². The van der Waals surface area contributed by atoms with Crippen LogP contribution in [-0.4, -0.2) is 17.8 Å². The first-order valence-corrected chi connectivity index (χ1v) is 9.54. The molecule has 0 atom stereocenters. The van der Waals surface area contributed by atoms with Crippen LogP contribution in [0.2, 0.25) is 5.02 Å². The van der Waals surface area contributed by atoms with Crippen LogP contribution in [0.15, 0.2) is 69.7 Å². The van der Waals surface area contributed by atoms with Crippen molar-refractivity contribution < 1.29 is 18.7 Å². The third-order valence-electron chi connectivity index (χ3n) is 4.43. The Morgan fingerprint density at radius 3 is 2.50 bits per heavy atom. The van der Waals surface area contributed by atoms with Crippen molar-refractivity contribution in [3.05, 3.63) is 82.2 Å². The maximum Gasteiger partial charge on any atom is 0.363 e. The van der Waals surface area contributed by atoms with Gasteiger partial charge in [-0.1, -0.05) is 23.7 Å². The number of rotatable bonds is 4. The van der Waals surface area contributed by atoms with Crippen LogP contribution in [0.5, 0.6) is 0 Å². The largest absolute Gasteiger partial charge is 0.457 e. The minimum atomic E-state index is -0.563. The number of carbonyl (C=O) groups is 2. The summed E-state index contributed by atoms with van der Waals surface area (Å²) < 4.78 is 11.1. The first-order chi connectivity index (χ1) is 14.4. The summed E-state index contributed by atoms with van der Waals surface area (Å²) in [5.74, 6) is 0.570. The van der Waals surface area contributed by atoms with E-state index in [1.807, 2.05) is 25.1 Å². The van der Waals surface area contributed by atoms with Crippen LogP contribution in [0.25, 0.3) is 17.4 Å². The SMILES string of the molecule is CC(=O)Nc1ccc(C2=N/C(=C/c3ccc(-c4ccc(C)c(Cl)c4)o3)C(=O)O2)cc1. The van der Waals surface area contributed by atoms with Crippen LogP contribution in [0.4, 0.5) is 5.69 Å². The first kappa shape index (κ1) is 19.7. The lowest BCUT2D eigenvalue weighted by atomic mass is 10.1. The minimum absolute atomic E-state index is 0.138. The molecule has 1 amide bonds. The van der Waals surface area contributed by atoms with E-state index in [-0.39, 0.29) is 17.5 Å². The molecule has 0 saturated carbocycles. The number of hydrogen-bond donors (Lipinski definition) is 1. The highest BCUT2D eigenvalue weighted by molar-refractivity contribution is 6.31. The van der Waals surface area contributed by atoms with E-state index in [9.17, 15) is 9.59 Å². The maximum atomic E-state index is 12.2. The van der Waals surface area contributed by atoms with Crippen LogP contribution in [0.1, 0.15) is 23.8 Å². The summed E-state index contributed by atoms with van der Waals surface area (Å²) >= 11 is 6.18. The molecule has 0 fully saturated rings. The molecule has 3 aromatic rings. The Kier molecular flexibility index (Phi) is 5.25. The van der Waals surface area contributed by atoms with Crippen LogP contribution in [0.3, 0.4) is 0 Å². The van der Waals surface area contributed by atoms with Gasteiger partial charge in [0.2, 0.25) is 11.8 Å². The Labute approximate surface area is 177 Å². The van der Waals surface area contributed by atoms with E-state index in [0.717, 1.165) is 11.1 Å². The summed E-state index contributed by atoms with van der Waals surface area (Å²) in [6, 6.07) is 16.1. The van der Waals surface area contributed by atoms with Crippen molar-refractivity contribution in [2.24, 2.45) is 4.99 Å². The summed E-state index contributed by atoms with van der Waals surface area (Å²) in [5.41, 5.74) is 3.23. The number of aryl methyl sites for hydroxylation is 1. The standard InChI is InChI=1S/C23H17ClN2O4/c1-13-3-4-16(11-19(13)24)21-10-9-18(29-21)12-20-23(28)30-22(26-20)15-5-7-17(8-6-15)25-14(2)27/h3-12H,1-2H3,(H,25,27)/b20-12+. The maximum absolute atomic E-state index is 12.2. The third kappa shape index (κ3) is 4.18. The fraction of sp³-hybridized carbons (Fsp3) is 0.0870. The fourth-order valence-electron chi connectivity index (χ4n) is 2.90. The molecule has 0 spiro atoms. The van der Waals surface area contributed by atoms with Crippen molar-refractivity contribution >= 4 is 41.1 Å². The van der Waals surface area contributed by atoms with Crippen molar-refractivity contribution in [2.45, 2.75) is 13.8 Å². The van der Waals surface area contributed by atoms with Crippen molar-refractivity contribution in [3.63, 3.8) is 0 Å². The number of nitrogens with zero attached hydrogens (tertiary/aromatic N) is 1. The molecule has 1 aliphatic rings. The molecule has 1 aliphatic heterocycles. The number of furan rings is 1. The van der Waals surface area contributed by atoms with Gasteiger partial charge in [0.15, 0.2) is 5.70 Å². The smallest absolute Gasteiger partial charge is 0.363 e. The molecule has 0 bridgehead atoms. The van der Waals surface area contributed by atoms with Gasteiger partial charge in [-0.15, -0.1) is 0 Å². The zero-order valence-electron chi connectivity index (χ0n) is 16.2. The van der Waals surface area contributed by atoms with Gasteiger partial charge >= 0.3 is 5.97 Å². The second-order valence-corrected chi connectivity index (χ2v) is 7.17. The highest BCUT2D eigenvalue weighted by atomic mass is 35.5. The van der Waals surface area contributed by atoms with Crippen LogP contribution in [0, 0.1) is 6.92 Å². The number of nitrogens with one attached hydrogen (secondary N) is 1. The summed E-state index contributed by atoms with van der Waals surface area (Å²) in [4.78, 5) is 27.6. The zero-order chi connectivity index (χ0) is 21.3. The van der Waals surface area contributed by atoms with E-state index in [1.165, 1.54) is 13.0 Å². The van der Waals surface area contributed by atoms with Crippen molar-refractivity contribution in [1.82, 2.24) is 0 Å². The van der Waals surface area contributed by atoms with Crippen molar-refractivity contribution in [1.29, 1.82) is 0 Å². The van der Waals surface area contributed by atoms with Crippen LogP contribution >= 0.6 is 11.6 Å². The Morgan fingerprint density at radius 1 is 1.07 bits per heavy atom. The lowest BCUT2D eigenvalue weighted by molar-refractivity contribution is -0.130. The first-order valence-electron chi connectivity index (χ1n) is 9.16. The zero-order valence-corrected chi connectivity index (χ0v) is 17.0. The molecule has 0 radical (unpaired) electrons. The molecule has 7 heteroatoms. The van der Waals surface area contributed by atoms with Crippen LogP contribution in [-0.2, 0) is 14.3 Å². The number of halogens is 1. The van der Waals surface area contributed by atoms with Gasteiger partial charge in [-0.3, -0.25) is 4.79 Å². The van der Waals surface area contributed by atoms with E-state index in [4.69, 9.17) is 20.8 Å². The van der Waals surface area contributed by atoms with E-state index >= 15 is 0 Å². The number of cyclic esters (lactones) is 1. The van der Waals surface area contributed by atoms with Gasteiger partial charge in [0.05, 0.1) is 0 Å². The molecule has 0 saturated heterocycles. The van der Waals surface area contributed by atoms with Gasteiger partial charge in [0.1, 0.15) is 11.5 Å². The highest BCUT2D eigenvalue weighted by Gasteiger charge is 2.24. The van der Waals surface area contributed by atoms with Gasteiger partial charge in [-0.25, -0.2) is 9.79 Å². The summed E-state index contributed by atoms with van der Waals surface area (Å²) in [6.45, 7) is 3.36.